The molecular weight excluding hydrogens is 841 g/mol. The maximum Gasteiger partial charge on any atom is 0.397 e. The van der Waals surface area contributed by atoms with E-state index in [0.29, 0.717) is 22.9 Å². The molecule has 0 aliphatic carbocycles. The molecule has 6 aromatic rings. The topological polar surface area (TPSA) is 297 Å². The monoisotopic (exact) mass is 876 g/mol. The van der Waals surface area contributed by atoms with Crippen molar-refractivity contribution >= 4 is 92.8 Å². The Bertz CT molecular complexity index is 2950. The molecule has 0 aliphatic rings. The van der Waals surface area contributed by atoms with Crippen LogP contribution in [0.3, 0.4) is 0 Å². The molecular formula is C37H36N10O10S3. The van der Waals surface area contributed by atoms with Crippen LogP contribution in [0.4, 0.5) is 51.7 Å². The predicted octanol–water partition coefficient (Wildman–Crippen LogP) is 7.20. The standard InChI is InChI=1S/C37H36N10O10S3/c1-23-19-28(11-14-31(23)46-45-29-8-7-25-5-3-4-6-26(25)20-29)41-36-39-24(2)40-37(43-36)42-32-21-34(38-15-16-48)35(59(51,52)53)22-33(32)47-44-27-9-12-30(13-10-27)58(49,50)18-17-57-60(54,55)56/h3-14,19-22,38,48H,15-18H2,1-2H3,(H,51,52,53)(H,54,55,56)(H2,39,40,41,42,43). The molecule has 0 saturated carbocycles. The predicted molar refractivity (Wildman–Crippen MR) is 222 cm³/mol. The summed E-state index contributed by atoms with van der Waals surface area (Å²) < 4.78 is 94.4. The summed E-state index contributed by atoms with van der Waals surface area (Å²) in [5, 5.41) is 37.5. The van der Waals surface area contributed by atoms with Crippen molar-refractivity contribution < 1.29 is 43.6 Å². The lowest BCUT2D eigenvalue weighted by Gasteiger charge is -2.15. The molecule has 1 aromatic heterocycles. The molecule has 0 fully saturated rings. The molecule has 0 bridgehead atoms. The minimum absolute atomic E-state index is 0.000715. The number of hydrogen-bond donors (Lipinski definition) is 6. The highest BCUT2D eigenvalue weighted by molar-refractivity contribution is 7.91. The Morgan fingerprint density at radius 3 is 2.02 bits per heavy atom. The number of aliphatic hydroxyl groups is 1. The second-order valence-corrected chi connectivity index (χ2v) is 17.4. The number of aliphatic hydroxyl groups excluding tert-OH is 1. The average Bonchev–Trinajstić information content (AvgIpc) is 3.18. The minimum atomic E-state index is -4.85. The lowest BCUT2D eigenvalue weighted by Crippen LogP contribution is -2.15. The van der Waals surface area contributed by atoms with Crippen molar-refractivity contribution in [1.82, 2.24) is 15.0 Å². The number of rotatable bonds is 17. The fraction of sp³-hybridized carbons (Fsp3) is 0.162. The van der Waals surface area contributed by atoms with E-state index in [9.17, 15) is 34.9 Å². The number of aryl methyl sites for hydroxylation is 2. The highest BCUT2D eigenvalue weighted by Crippen LogP contribution is 2.37. The van der Waals surface area contributed by atoms with Crippen LogP contribution < -0.4 is 16.0 Å². The molecule has 312 valence electrons. The van der Waals surface area contributed by atoms with Crippen LogP contribution in [0.25, 0.3) is 10.8 Å². The van der Waals surface area contributed by atoms with Gasteiger partial charge >= 0.3 is 10.4 Å². The molecule has 0 aliphatic heterocycles. The maximum absolute atomic E-state index is 12.6. The van der Waals surface area contributed by atoms with E-state index in [1.807, 2.05) is 55.5 Å². The third-order valence-corrected chi connectivity index (χ3v) is 11.4. The zero-order valence-electron chi connectivity index (χ0n) is 31.6. The highest BCUT2D eigenvalue weighted by atomic mass is 32.3. The van der Waals surface area contributed by atoms with E-state index in [1.54, 1.807) is 19.1 Å². The number of nitrogens with one attached hydrogen (secondary N) is 3. The SMILES string of the molecule is Cc1nc(Nc2ccc(N=Nc3ccc4ccccc4c3)c(C)c2)nc(Nc2cc(NCCO)c(S(=O)(=O)O)cc2N=Nc2ccc(S(=O)(=O)CCOS(=O)(=O)O)cc2)n1. The second-order valence-electron chi connectivity index (χ2n) is 12.8. The number of azo groups is 2. The van der Waals surface area contributed by atoms with Crippen molar-refractivity contribution in [3.63, 3.8) is 0 Å². The number of aromatic nitrogens is 3. The van der Waals surface area contributed by atoms with Gasteiger partial charge in [0.25, 0.3) is 10.1 Å². The summed E-state index contributed by atoms with van der Waals surface area (Å²) in [7, 11) is -13.7. The van der Waals surface area contributed by atoms with Gasteiger partial charge in [0.15, 0.2) is 9.84 Å². The summed E-state index contributed by atoms with van der Waals surface area (Å²) >= 11 is 0. The molecule has 20 nitrogen and oxygen atoms in total. The smallest absolute Gasteiger partial charge is 0.395 e. The fourth-order valence-corrected chi connectivity index (χ4v) is 7.69. The van der Waals surface area contributed by atoms with Gasteiger partial charge in [-0.3, -0.25) is 9.11 Å². The Balaban J connectivity index is 1.25. The normalized spacial score (nSPS) is 12.3. The Hall–Kier alpha value is -6.34. The second kappa shape index (κ2) is 18.3. The largest absolute Gasteiger partial charge is 0.397 e. The van der Waals surface area contributed by atoms with Crippen molar-refractivity contribution in [3.8, 4) is 0 Å². The first-order valence-corrected chi connectivity index (χ1v) is 22.1. The van der Waals surface area contributed by atoms with Crippen LogP contribution in [0.1, 0.15) is 11.4 Å². The van der Waals surface area contributed by atoms with Gasteiger partial charge in [0.1, 0.15) is 16.4 Å². The van der Waals surface area contributed by atoms with Crippen LogP contribution in [0.15, 0.2) is 127 Å². The number of sulfone groups is 1. The molecule has 5 aromatic carbocycles. The first-order valence-electron chi connectivity index (χ1n) is 17.6. The molecule has 6 N–H and O–H groups in total. The molecule has 23 heteroatoms. The van der Waals surface area contributed by atoms with Crippen LogP contribution >= 0.6 is 0 Å². The fourth-order valence-electron chi connectivity index (χ4n) is 5.53. The Morgan fingerprint density at radius 2 is 1.33 bits per heavy atom. The average molecular weight is 877 g/mol. The Morgan fingerprint density at radius 1 is 0.667 bits per heavy atom. The summed E-state index contributed by atoms with van der Waals surface area (Å²) in [6.45, 7) is 2.24. The third-order valence-electron chi connectivity index (χ3n) is 8.31. The molecule has 0 radical (unpaired) electrons. The number of nitrogens with zero attached hydrogens (tertiary/aromatic N) is 7. The minimum Gasteiger partial charge on any atom is -0.395 e. The van der Waals surface area contributed by atoms with Gasteiger partial charge in [-0.1, -0.05) is 30.3 Å². The summed E-state index contributed by atoms with van der Waals surface area (Å²) in [6.07, 6.45) is 0. The molecule has 6 rings (SSSR count). The van der Waals surface area contributed by atoms with Crippen LogP contribution in [-0.2, 0) is 34.5 Å². The van der Waals surface area contributed by atoms with Crippen molar-refractivity contribution in [2.75, 3.05) is 41.5 Å². The van der Waals surface area contributed by atoms with E-state index < -0.39 is 47.6 Å². The first kappa shape index (κ1) is 43.2. The molecule has 0 atom stereocenters. The van der Waals surface area contributed by atoms with Crippen LogP contribution in [0.5, 0.6) is 0 Å². The molecule has 0 amide bonds. The number of anilines is 5. The first-order chi connectivity index (χ1) is 28.5. The molecule has 60 heavy (non-hydrogen) atoms. The zero-order chi connectivity index (χ0) is 43.1. The van der Waals surface area contributed by atoms with Gasteiger partial charge in [-0.15, -0.1) is 5.11 Å². The van der Waals surface area contributed by atoms with Gasteiger partial charge in [0.2, 0.25) is 11.9 Å². The summed E-state index contributed by atoms with van der Waals surface area (Å²) in [5.74, 6) is -0.314. The molecule has 0 spiro atoms. The van der Waals surface area contributed by atoms with Gasteiger partial charge in [-0.2, -0.15) is 47.1 Å². The van der Waals surface area contributed by atoms with Gasteiger partial charge in [-0.05, 0) is 96.9 Å². The molecule has 0 saturated heterocycles. The van der Waals surface area contributed by atoms with Crippen molar-refractivity contribution in [3.05, 3.63) is 108 Å². The van der Waals surface area contributed by atoms with Crippen LogP contribution in [-0.4, -0.2) is 79.9 Å². The quantitative estimate of drug-likeness (QED) is 0.0390. The lowest BCUT2D eigenvalue weighted by molar-refractivity contribution is 0.284. The summed E-state index contributed by atoms with van der Waals surface area (Å²) in [6, 6.07) is 26.4. The van der Waals surface area contributed by atoms with Crippen LogP contribution in [0, 0.1) is 13.8 Å². The lowest BCUT2D eigenvalue weighted by atomic mass is 10.1. The number of benzene rings is 5. The van der Waals surface area contributed by atoms with E-state index in [1.165, 1.54) is 30.3 Å². The summed E-state index contributed by atoms with van der Waals surface area (Å²) in [5.41, 5.74) is 2.77. The third kappa shape index (κ3) is 11.7. The zero-order valence-corrected chi connectivity index (χ0v) is 34.1. The van der Waals surface area contributed by atoms with Gasteiger partial charge in [-0.25, -0.2) is 12.6 Å². The Kier molecular flexibility index (Phi) is 13.2. The van der Waals surface area contributed by atoms with Crippen LogP contribution in [0.2, 0.25) is 0 Å². The Labute approximate surface area is 344 Å². The van der Waals surface area contributed by atoms with Crippen molar-refractivity contribution in [1.29, 1.82) is 0 Å². The number of fused-ring (bicyclic) bond motifs is 1. The van der Waals surface area contributed by atoms with E-state index in [0.717, 1.165) is 22.4 Å². The van der Waals surface area contributed by atoms with E-state index in [4.69, 9.17) is 4.55 Å². The van der Waals surface area contributed by atoms with Gasteiger partial charge < -0.3 is 21.1 Å². The van der Waals surface area contributed by atoms with Gasteiger partial charge in [0, 0.05) is 12.2 Å². The van der Waals surface area contributed by atoms with E-state index in [-0.39, 0.29) is 52.7 Å². The molecule has 0 unspecified atom stereocenters. The van der Waals surface area contributed by atoms with Crippen molar-refractivity contribution in [2.24, 2.45) is 20.5 Å². The number of hydrogen-bond acceptors (Lipinski definition) is 18. The summed E-state index contributed by atoms with van der Waals surface area (Å²) in [4.78, 5) is 12.4. The van der Waals surface area contributed by atoms with Crippen molar-refractivity contribution in [2.45, 2.75) is 23.6 Å². The maximum atomic E-state index is 12.6. The molecule has 1 heterocycles. The van der Waals surface area contributed by atoms with Gasteiger partial charge in [0.05, 0.1) is 52.3 Å². The highest BCUT2D eigenvalue weighted by Gasteiger charge is 2.21. The van der Waals surface area contributed by atoms with E-state index in [2.05, 4.69) is 55.5 Å². The van der Waals surface area contributed by atoms with E-state index >= 15 is 0 Å².